The van der Waals surface area contributed by atoms with Crippen LogP contribution in [-0.4, -0.2) is 12.6 Å². The van der Waals surface area contributed by atoms with Crippen LogP contribution >= 0.6 is 0 Å². The zero-order chi connectivity index (χ0) is 8.10. The summed E-state index contributed by atoms with van der Waals surface area (Å²) in [5.41, 5.74) is 0. The molecule has 0 aliphatic carbocycles. The molecule has 1 heterocycles. The molecule has 62 valence electrons. The Kier molecular flexibility index (Phi) is 3.02. The number of hydrogen-bond donors (Lipinski definition) is 2. The second-order valence-electron chi connectivity index (χ2n) is 2.83. The van der Waals surface area contributed by atoms with Crippen molar-refractivity contribution in [2.24, 2.45) is 0 Å². The fourth-order valence-electron chi connectivity index (χ4n) is 1.03. The minimum atomic E-state index is 0.458. The zero-order valence-electron chi connectivity index (χ0n) is 7.22. The largest absolute Gasteiger partial charge is 0.372 e. The van der Waals surface area contributed by atoms with Crippen molar-refractivity contribution in [2.75, 3.05) is 6.54 Å². The average molecular weight is 152 g/mol. The van der Waals surface area contributed by atoms with Crippen LogP contribution in [0.15, 0.2) is 24.0 Å². The summed E-state index contributed by atoms with van der Waals surface area (Å²) in [6, 6.07) is 0.458. The summed E-state index contributed by atoms with van der Waals surface area (Å²) in [7, 11) is 0. The van der Waals surface area contributed by atoms with Gasteiger partial charge in [-0.3, -0.25) is 0 Å². The predicted molar refractivity (Wildman–Crippen MR) is 48.1 cm³/mol. The highest BCUT2D eigenvalue weighted by molar-refractivity contribution is 5.17. The van der Waals surface area contributed by atoms with E-state index in [1.54, 1.807) is 0 Å². The fourth-order valence-corrected chi connectivity index (χ4v) is 1.03. The van der Waals surface area contributed by atoms with E-state index in [1.165, 1.54) is 0 Å². The van der Waals surface area contributed by atoms with Crippen LogP contribution in [-0.2, 0) is 0 Å². The van der Waals surface area contributed by atoms with Crippen molar-refractivity contribution >= 4 is 0 Å². The first-order valence-corrected chi connectivity index (χ1v) is 4.22. The molecule has 0 saturated carbocycles. The van der Waals surface area contributed by atoms with E-state index in [-0.39, 0.29) is 0 Å². The van der Waals surface area contributed by atoms with Crippen molar-refractivity contribution in [3.8, 4) is 0 Å². The van der Waals surface area contributed by atoms with E-state index in [1.807, 2.05) is 0 Å². The van der Waals surface area contributed by atoms with Crippen molar-refractivity contribution in [3.05, 3.63) is 24.0 Å². The Morgan fingerprint density at radius 1 is 1.64 bits per heavy atom. The van der Waals surface area contributed by atoms with Crippen LogP contribution in [0.1, 0.15) is 20.3 Å². The molecule has 2 N–H and O–H groups in total. The van der Waals surface area contributed by atoms with E-state index >= 15 is 0 Å². The van der Waals surface area contributed by atoms with Crippen LogP contribution in [0.25, 0.3) is 0 Å². The standard InChI is InChI=1S/C9H16N2/c1-3-7-10-9-6-4-5-8(2)11-9/h4-6,8,10-11H,3,7H2,1-2H3. The van der Waals surface area contributed by atoms with Gasteiger partial charge >= 0.3 is 0 Å². The highest BCUT2D eigenvalue weighted by Gasteiger charge is 2.01. The Balaban J connectivity index is 2.33. The lowest BCUT2D eigenvalue weighted by molar-refractivity contribution is 0.629. The van der Waals surface area contributed by atoms with Gasteiger partial charge in [0.15, 0.2) is 0 Å². The lowest BCUT2D eigenvalue weighted by atomic mass is 10.2. The summed E-state index contributed by atoms with van der Waals surface area (Å²) < 4.78 is 0. The van der Waals surface area contributed by atoms with Gasteiger partial charge < -0.3 is 10.6 Å². The molecule has 1 unspecified atom stereocenters. The maximum absolute atomic E-state index is 3.31. The van der Waals surface area contributed by atoms with Crippen molar-refractivity contribution in [1.82, 2.24) is 10.6 Å². The molecule has 11 heavy (non-hydrogen) atoms. The van der Waals surface area contributed by atoms with Gasteiger partial charge in [0.05, 0.1) is 5.82 Å². The van der Waals surface area contributed by atoms with Gasteiger partial charge in [-0.05, 0) is 19.4 Å². The zero-order valence-corrected chi connectivity index (χ0v) is 7.22. The molecule has 0 saturated heterocycles. The maximum atomic E-state index is 3.31. The van der Waals surface area contributed by atoms with E-state index in [9.17, 15) is 0 Å². The summed E-state index contributed by atoms with van der Waals surface area (Å²) in [6.45, 7) is 5.34. The summed E-state index contributed by atoms with van der Waals surface area (Å²) >= 11 is 0. The maximum Gasteiger partial charge on any atom is 0.0990 e. The van der Waals surface area contributed by atoms with Crippen molar-refractivity contribution in [1.29, 1.82) is 0 Å². The second kappa shape index (κ2) is 4.06. The molecule has 1 atom stereocenters. The molecule has 0 aromatic rings. The first-order valence-electron chi connectivity index (χ1n) is 4.22. The quantitative estimate of drug-likeness (QED) is 0.638. The van der Waals surface area contributed by atoms with Crippen LogP contribution in [0.3, 0.4) is 0 Å². The molecule has 1 aliphatic heterocycles. The number of allylic oxidation sites excluding steroid dienone is 2. The molecular weight excluding hydrogens is 136 g/mol. The van der Waals surface area contributed by atoms with E-state index in [0.717, 1.165) is 18.8 Å². The summed E-state index contributed by atoms with van der Waals surface area (Å²) in [4.78, 5) is 0. The van der Waals surface area contributed by atoms with Crippen LogP contribution in [0.5, 0.6) is 0 Å². The number of rotatable bonds is 3. The molecule has 0 radical (unpaired) electrons. The first kappa shape index (κ1) is 8.18. The third-order valence-electron chi connectivity index (χ3n) is 1.61. The Morgan fingerprint density at radius 2 is 2.45 bits per heavy atom. The van der Waals surface area contributed by atoms with Crippen LogP contribution in [0.2, 0.25) is 0 Å². The molecule has 1 rings (SSSR count). The third-order valence-corrected chi connectivity index (χ3v) is 1.61. The van der Waals surface area contributed by atoms with E-state index in [0.29, 0.717) is 6.04 Å². The summed E-state index contributed by atoms with van der Waals surface area (Å²) in [5, 5.41) is 6.61. The molecule has 0 aromatic heterocycles. The molecule has 0 aromatic carbocycles. The Bertz CT molecular complexity index is 170. The molecule has 0 bridgehead atoms. The fraction of sp³-hybridized carbons (Fsp3) is 0.556. The molecule has 2 nitrogen and oxygen atoms in total. The average Bonchev–Trinajstić information content (AvgIpc) is 2.01. The molecule has 0 spiro atoms. The Labute approximate surface area is 68.4 Å². The SMILES string of the molecule is CCCNC1=CC=CC(C)N1. The second-order valence-corrected chi connectivity index (χ2v) is 2.83. The van der Waals surface area contributed by atoms with Crippen molar-refractivity contribution < 1.29 is 0 Å². The normalized spacial score (nSPS) is 22.4. The molecular formula is C9H16N2. The molecule has 0 amide bonds. The van der Waals surface area contributed by atoms with Gasteiger partial charge in [0.2, 0.25) is 0 Å². The summed E-state index contributed by atoms with van der Waals surface area (Å²) in [6.07, 6.45) is 7.45. The van der Waals surface area contributed by atoms with Crippen molar-refractivity contribution in [2.45, 2.75) is 26.3 Å². The first-order chi connectivity index (χ1) is 5.33. The van der Waals surface area contributed by atoms with Gasteiger partial charge in [-0.15, -0.1) is 0 Å². The Hall–Kier alpha value is -0.920. The lowest BCUT2D eigenvalue weighted by Crippen LogP contribution is -2.33. The van der Waals surface area contributed by atoms with Crippen LogP contribution < -0.4 is 10.6 Å². The summed E-state index contributed by atoms with van der Waals surface area (Å²) in [5.74, 6) is 1.14. The number of nitrogens with one attached hydrogen (secondary N) is 2. The predicted octanol–water partition coefficient (Wildman–Crippen LogP) is 1.38. The highest BCUT2D eigenvalue weighted by atomic mass is 15.1. The van der Waals surface area contributed by atoms with Gasteiger partial charge in [-0.25, -0.2) is 0 Å². The van der Waals surface area contributed by atoms with Gasteiger partial charge in [0, 0.05) is 12.6 Å². The van der Waals surface area contributed by atoms with E-state index in [2.05, 4.69) is 42.7 Å². The van der Waals surface area contributed by atoms with E-state index < -0.39 is 0 Å². The minimum absolute atomic E-state index is 0.458. The van der Waals surface area contributed by atoms with Crippen molar-refractivity contribution in [3.63, 3.8) is 0 Å². The highest BCUT2D eigenvalue weighted by Crippen LogP contribution is 1.98. The number of dihydropyridines is 1. The molecule has 2 heteroatoms. The third kappa shape index (κ3) is 2.66. The molecule has 0 fully saturated rings. The van der Waals surface area contributed by atoms with Gasteiger partial charge in [-0.2, -0.15) is 0 Å². The Morgan fingerprint density at radius 3 is 3.09 bits per heavy atom. The van der Waals surface area contributed by atoms with E-state index in [4.69, 9.17) is 0 Å². The lowest BCUT2D eigenvalue weighted by Gasteiger charge is -2.18. The topological polar surface area (TPSA) is 24.1 Å². The number of hydrogen-bond acceptors (Lipinski definition) is 2. The van der Waals surface area contributed by atoms with Crippen LogP contribution in [0.4, 0.5) is 0 Å². The van der Waals surface area contributed by atoms with Gasteiger partial charge in [-0.1, -0.05) is 19.1 Å². The van der Waals surface area contributed by atoms with Gasteiger partial charge in [0.1, 0.15) is 0 Å². The smallest absolute Gasteiger partial charge is 0.0990 e. The van der Waals surface area contributed by atoms with Gasteiger partial charge in [0.25, 0.3) is 0 Å². The minimum Gasteiger partial charge on any atom is -0.372 e. The molecule has 1 aliphatic rings. The monoisotopic (exact) mass is 152 g/mol. The van der Waals surface area contributed by atoms with Crippen LogP contribution in [0, 0.1) is 0 Å².